The number of fused-ring (bicyclic) bond motifs is 1. The number of hydrogen-bond acceptors (Lipinski definition) is 5. The van der Waals surface area contributed by atoms with E-state index in [1.165, 1.54) is 0 Å². The molecule has 3 aromatic carbocycles. The van der Waals surface area contributed by atoms with Crippen LogP contribution in [0.3, 0.4) is 0 Å². The van der Waals surface area contributed by atoms with Crippen molar-refractivity contribution in [2.24, 2.45) is 5.10 Å². The number of ether oxygens (including phenoxy) is 1. The minimum Gasteiger partial charge on any atom is -0.507 e. The number of benzene rings is 3. The van der Waals surface area contributed by atoms with Crippen molar-refractivity contribution in [3.8, 4) is 22.9 Å². The van der Waals surface area contributed by atoms with Crippen LogP contribution < -0.4 is 10.2 Å². The molecule has 1 heterocycles. The summed E-state index contributed by atoms with van der Waals surface area (Å²) in [5.74, 6) is 1.08. The van der Waals surface area contributed by atoms with E-state index in [0.717, 1.165) is 11.3 Å². The van der Waals surface area contributed by atoms with Crippen LogP contribution in [0.1, 0.15) is 22.8 Å². The van der Waals surface area contributed by atoms with Gasteiger partial charge in [0.05, 0.1) is 29.4 Å². The molecule has 0 atom stereocenters. The van der Waals surface area contributed by atoms with E-state index in [1.807, 2.05) is 37.3 Å². The van der Waals surface area contributed by atoms with Gasteiger partial charge in [-0.05, 0) is 55.0 Å². The Morgan fingerprint density at radius 2 is 2.03 bits per heavy atom. The minimum atomic E-state index is -0.340. The normalized spacial score (nSPS) is 11.1. The number of aromatic nitrogens is 2. The van der Waals surface area contributed by atoms with Gasteiger partial charge in [0.2, 0.25) is 0 Å². The van der Waals surface area contributed by atoms with E-state index < -0.39 is 0 Å². The number of rotatable bonds is 6. The molecule has 0 aliphatic rings. The average molecular weight is 400 g/mol. The first-order valence-electron chi connectivity index (χ1n) is 9.48. The Hall–Kier alpha value is -4.13. The molecule has 1 aromatic heterocycles. The van der Waals surface area contributed by atoms with E-state index in [4.69, 9.17) is 4.74 Å². The summed E-state index contributed by atoms with van der Waals surface area (Å²) in [4.78, 5) is 20.1. The number of hydrazone groups is 1. The van der Waals surface area contributed by atoms with Gasteiger partial charge in [0.25, 0.3) is 5.91 Å². The number of phenols is 1. The lowest BCUT2D eigenvalue weighted by Gasteiger charge is -2.03. The van der Waals surface area contributed by atoms with Gasteiger partial charge in [0.15, 0.2) is 0 Å². The number of nitrogens with one attached hydrogen (secondary N) is 2. The summed E-state index contributed by atoms with van der Waals surface area (Å²) in [6, 6.07) is 19.5. The average Bonchev–Trinajstić information content (AvgIpc) is 3.17. The van der Waals surface area contributed by atoms with Crippen molar-refractivity contribution in [2.75, 3.05) is 6.61 Å². The van der Waals surface area contributed by atoms with Crippen molar-refractivity contribution >= 4 is 23.2 Å². The summed E-state index contributed by atoms with van der Waals surface area (Å²) < 4.78 is 5.45. The van der Waals surface area contributed by atoms with E-state index in [1.54, 1.807) is 42.6 Å². The molecule has 7 heteroatoms. The summed E-state index contributed by atoms with van der Waals surface area (Å²) in [6.45, 7) is 2.50. The maximum absolute atomic E-state index is 12.5. The molecular formula is C23H20N4O3. The lowest BCUT2D eigenvalue weighted by atomic mass is 10.2. The number of aromatic amines is 1. The zero-order chi connectivity index (χ0) is 20.9. The predicted molar refractivity (Wildman–Crippen MR) is 116 cm³/mol. The van der Waals surface area contributed by atoms with Gasteiger partial charge in [-0.15, -0.1) is 0 Å². The Balaban J connectivity index is 1.49. The minimum absolute atomic E-state index is 0.136. The van der Waals surface area contributed by atoms with E-state index in [0.29, 0.717) is 34.6 Å². The van der Waals surface area contributed by atoms with Crippen molar-refractivity contribution in [3.05, 3.63) is 77.9 Å². The molecule has 7 nitrogen and oxygen atoms in total. The van der Waals surface area contributed by atoms with Crippen LogP contribution in [0, 0.1) is 0 Å². The molecular weight excluding hydrogens is 380 g/mol. The van der Waals surface area contributed by atoms with Crippen molar-refractivity contribution in [3.63, 3.8) is 0 Å². The van der Waals surface area contributed by atoms with Crippen LogP contribution in [0.25, 0.3) is 22.4 Å². The molecule has 0 fully saturated rings. The van der Waals surface area contributed by atoms with Gasteiger partial charge in [-0.25, -0.2) is 10.4 Å². The van der Waals surface area contributed by atoms with Gasteiger partial charge < -0.3 is 14.8 Å². The quantitative estimate of drug-likeness (QED) is 0.335. The van der Waals surface area contributed by atoms with Crippen LogP contribution in [0.15, 0.2) is 71.8 Å². The molecule has 0 saturated carbocycles. The third-order valence-corrected chi connectivity index (χ3v) is 4.45. The number of carbonyl (C=O) groups is 1. The smallest absolute Gasteiger partial charge is 0.271 e. The van der Waals surface area contributed by atoms with E-state index in [9.17, 15) is 9.90 Å². The highest BCUT2D eigenvalue weighted by Crippen LogP contribution is 2.28. The van der Waals surface area contributed by atoms with Crippen LogP contribution in [0.2, 0.25) is 0 Å². The fourth-order valence-electron chi connectivity index (χ4n) is 3.03. The number of amides is 1. The first-order chi connectivity index (χ1) is 14.6. The molecule has 0 saturated heterocycles. The Morgan fingerprint density at radius 1 is 1.17 bits per heavy atom. The number of hydrogen-bond donors (Lipinski definition) is 3. The zero-order valence-corrected chi connectivity index (χ0v) is 16.3. The fraction of sp³-hybridized carbons (Fsp3) is 0.0870. The molecule has 0 spiro atoms. The lowest BCUT2D eigenvalue weighted by Crippen LogP contribution is -2.17. The number of imidazole rings is 1. The summed E-state index contributed by atoms with van der Waals surface area (Å²) in [7, 11) is 0. The number of nitrogens with zero attached hydrogens (tertiary/aromatic N) is 2. The van der Waals surface area contributed by atoms with E-state index in [-0.39, 0.29) is 11.7 Å². The van der Waals surface area contributed by atoms with Crippen molar-refractivity contribution in [2.45, 2.75) is 6.92 Å². The monoisotopic (exact) mass is 400 g/mol. The Morgan fingerprint density at radius 3 is 2.87 bits per heavy atom. The van der Waals surface area contributed by atoms with Gasteiger partial charge in [-0.2, -0.15) is 5.10 Å². The number of carbonyl (C=O) groups excluding carboxylic acids is 1. The van der Waals surface area contributed by atoms with Crippen LogP contribution in [0.5, 0.6) is 11.5 Å². The SMILES string of the molecule is CCOc1cccc(/C=N/NC(=O)c2ccc3nc(-c4ccccc4O)[nH]c3c2)c1. The second-order valence-electron chi connectivity index (χ2n) is 6.54. The number of H-pyrrole nitrogens is 1. The summed E-state index contributed by atoms with van der Waals surface area (Å²) in [6.07, 6.45) is 1.56. The van der Waals surface area contributed by atoms with Crippen LogP contribution in [0.4, 0.5) is 0 Å². The maximum Gasteiger partial charge on any atom is 0.271 e. The van der Waals surface area contributed by atoms with E-state index in [2.05, 4.69) is 20.5 Å². The molecule has 150 valence electrons. The van der Waals surface area contributed by atoms with Gasteiger partial charge in [0.1, 0.15) is 17.3 Å². The van der Waals surface area contributed by atoms with Gasteiger partial charge in [-0.1, -0.05) is 24.3 Å². The van der Waals surface area contributed by atoms with Crippen molar-refractivity contribution < 1.29 is 14.6 Å². The number of phenolic OH excluding ortho intramolecular Hbond substituents is 1. The standard InChI is InChI=1S/C23H20N4O3/c1-2-30-17-7-5-6-15(12-17)14-24-27-23(29)16-10-11-19-20(13-16)26-22(25-19)18-8-3-4-9-21(18)28/h3-14,28H,2H2,1H3,(H,25,26)(H,27,29)/b24-14+. The zero-order valence-electron chi connectivity index (χ0n) is 16.3. The molecule has 1 amide bonds. The van der Waals surface area contributed by atoms with Gasteiger partial charge >= 0.3 is 0 Å². The number of aromatic hydroxyl groups is 1. The Kier molecular flexibility index (Phi) is 5.43. The molecule has 0 aliphatic heterocycles. The fourth-order valence-corrected chi connectivity index (χ4v) is 3.03. The summed E-state index contributed by atoms with van der Waals surface area (Å²) in [5, 5.41) is 14.0. The lowest BCUT2D eigenvalue weighted by molar-refractivity contribution is 0.0955. The third kappa shape index (κ3) is 4.15. The largest absolute Gasteiger partial charge is 0.507 e. The first kappa shape index (κ1) is 19.2. The second-order valence-corrected chi connectivity index (χ2v) is 6.54. The maximum atomic E-state index is 12.5. The third-order valence-electron chi connectivity index (χ3n) is 4.45. The summed E-state index contributed by atoms with van der Waals surface area (Å²) >= 11 is 0. The van der Waals surface area contributed by atoms with Gasteiger partial charge in [-0.3, -0.25) is 4.79 Å². The van der Waals surface area contributed by atoms with Crippen LogP contribution in [-0.4, -0.2) is 33.8 Å². The molecule has 0 radical (unpaired) electrons. The Bertz CT molecular complexity index is 1230. The van der Waals surface area contributed by atoms with Crippen molar-refractivity contribution in [1.82, 2.24) is 15.4 Å². The van der Waals surface area contributed by atoms with Gasteiger partial charge in [0, 0.05) is 5.56 Å². The van der Waals surface area contributed by atoms with Crippen LogP contribution >= 0.6 is 0 Å². The molecule has 3 N–H and O–H groups in total. The highest BCUT2D eigenvalue weighted by Gasteiger charge is 2.11. The molecule has 0 aliphatic carbocycles. The first-order valence-corrected chi connectivity index (χ1v) is 9.48. The molecule has 4 aromatic rings. The van der Waals surface area contributed by atoms with Crippen molar-refractivity contribution in [1.29, 1.82) is 0 Å². The highest BCUT2D eigenvalue weighted by molar-refractivity contribution is 5.98. The van der Waals surface area contributed by atoms with Crippen LogP contribution in [-0.2, 0) is 0 Å². The number of para-hydroxylation sites is 1. The summed E-state index contributed by atoms with van der Waals surface area (Å²) in [5.41, 5.74) is 5.76. The Labute approximate surface area is 173 Å². The van der Waals surface area contributed by atoms with E-state index >= 15 is 0 Å². The topological polar surface area (TPSA) is 99.6 Å². The molecule has 30 heavy (non-hydrogen) atoms. The predicted octanol–water partition coefficient (Wildman–Crippen LogP) is 4.10. The molecule has 0 unspecified atom stereocenters. The second kappa shape index (κ2) is 8.48. The highest BCUT2D eigenvalue weighted by atomic mass is 16.5. The molecule has 4 rings (SSSR count). The molecule has 0 bridgehead atoms.